The van der Waals surface area contributed by atoms with Gasteiger partial charge in [-0.2, -0.15) is 5.10 Å². The molecule has 0 bridgehead atoms. The number of carbonyl (C=O) groups is 1. The van der Waals surface area contributed by atoms with Crippen LogP contribution in [0.2, 0.25) is 0 Å². The zero-order valence-corrected chi connectivity index (χ0v) is 15.7. The van der Waals surface area contributed by atoms with E-state index in [1.54, 1.807) is 11.7 Å². The third-order valence-electron chi connectivity index (χ3n) is 4.25. The topological polar surface area (TPSA) is 81.2 Å². The maximum atomic E-state index is 12.2. The van der Waals surface area contributed by atoms with Gasteiger partial charge in [0.15, 0.2) is 10.6 Å². The molecule has 1 heterocycles. The number of carbonyl (C=O) groups excluding carboxylic acids is 1. The van der Waals surface area contributed by atoms with Gasteiger partial charge in [0.25, 0.3) is 0 Å². The number of H-pyrrole nitrogens is 1. The van der Waals surface area contributed by atoms with Gasteiger partial charge in [-0.3, -0.25) is 14.5 Å². The molecule has 1 aromatic heterocycles. The minimum Gasteiger partial charge on any atom is -0.497 e. The minimum absolute atomic E-state index is 0.0977. The lowest BCUT2D eigenvalue weighted by Crippen LogP contribution is -2.29. The molecule has 0 saturated heterocycles. The molecule has 1 aliphatic carbocycles. The third kappa shape index (κ3) is 5.15. The molecular formula is C18H24N4O3S. The summed E-state index contributed by atoms with van der Waals surface area (Å²) in [6.45, 7) is 2.24. The van der Waals surface area contributed by atoms with Crippen LogP contribution in [0.3, 0.4) is 0 Å². The first-order chi connectivity index (χ1) is 12.7. The Morgan fingerprint density at radius 1 is 1.38 bits per heavy atom. The molecule has 1 aromatic carbocycles. The summed E-state index contributed by atoms with van der Waals surface area (Å²) in [7, 11) is 1.62. The van der Waals surface area contributed by atoms with E-state index in [1.807, 2.05) is 24.3 Å². The van der Waals surface area contributed by atoms with Gasteiger partial charge >= 0.3 is 0 Å². The maximum absolute atomic E-state index is 12.2. The Labute approximate surface area is 157 Å². The van der Waals surface area contributed by atoms with Crippen LogP contribution in [-0.4, -0.2) is 47.5 Å². The van der Waals surface area contributed by atoms with Crippen LogP contribution in [-0.2, 0) is 16.1 Å². The number of nitrogens with zero attached hydrogens (tertiary/aromatic N) is 2. The van der Waals surface area contributed by atoms with E-state index in [-0.39, 0.29) is 12.5 Å². The summed E-state index contributed by atoms with van der Waals surface area (Å²) in [6, 6.07) is 7.46. The molecule has 3 rings (SSSR count). The number of aromatic amines is 1. The molecule has 2 N–H and O–H groups in total. The van der Waals surface area contributed by atoms with Crippen molar-refractivity contribution in [3.63, 3.8) is 0 Å². The maximum Gasteiger partial charge on any atom is 0.240 e. The fourth-order valence-corrected chi connectivity index (χ4v) is 2.76. The third-order valence-corrected chi connectivity index (χ3v) is 4.56. The molecule has 1 fully saturated rings. The summed E-state index contributed by atoms with van der Waals surface area (Å²) in [5.41, 5.74) is 0.861. The Balaban J connectivity index is 1.50. The van der Waals surface area contributed by atoms with E-state index in [0.29, 0.717) is 23.7 Å². The first-order valence-corrected chi connectivity index (χ1v) is 9.22. The van der Waals surface area contributed by atoms with Gasteiger partial charge in [0.2, 0.25) is 5.91 Å². The second kappa shape index (κ2) is 8.95. The number of benzene rings is 1. The van der Waals surface area contributed by atoms with Gasteiger partial charge in [-0.25, -0.2) is 0 Å². The highest BCUT2D eigenvalue weighted by atomic mass is 32.1. The number of aromatic nitrogens is 3. The first-order valence-electron chi connectivity index (χ1n) is 8.81. The number of ether oxygens (including phenoxy) is 2. The van der Waals surface area contributed by atoms with Gasteiger partial charge in [0.05, 0.1) is 7.11 Å². The van der Waals surface area contributed by atoms with Crippen molar-refractivity contribution < 1.29 is 14.3 Å². The molecule has 0 unspecified atom stereocenters. The fraction of sp³-hybridized carbons (Fsp3) is 0.500. The fourth-order valence-electron chi connectivity index (χ4n) is 2.56. The Kier molecular flexibility index (Phi) is 6.40. The predicted molar refractivity (Wildman–Crippen MR) is 101 cm³/mol. The normalized spacial score (nSPS) is 13.6. The van der Waals surface area contributed by atoms with Crippen molar-refractivity contribution in [3.8, 4) is 17.1 Å². The van der Waals surface area contributed by atoms with Crippen molar-refractivity contribution in [3.05, 3.63) is 29.0 Å². The molecule has 0 radical (unpaired) electrons. The highest BCUT2D eigenvalue weighted by Crippen LogP contribution is 2.28. The van der Waals surface area contributed by atoms with Crippen LogP contribution in [0.25, 0.3) is 11.4 Å². The first kappa shape index (κ1) is 18.6. The standard InChI is InChI=1S/C18H24N4O3S/c1-24-15-7-5-14(6-8-15)17-20-21-18(26)22(17)11-16(23)19-9-2-10-25-12-13-3-4-13/h5-8,13H,2-4,9-12H2,1H3,(H,19,23)(H,21,26). The van der Waals surface area contributed by atoms with E-state index in [4.69, 9.17) is 21.7 Å². The molecule has 26 heavy (non-hydrogen) atoms. The quantitative estimate of drug-likeness (QED) is 0.492. The van der Waals surface area contributed by atoms with Crippen molar-refractivity contribution in [2.75, 3.05) is 26.9 Å². The smallest absolute Gasteiger partial charge is 0.240 e. The van der Waals surface area contributed by atoms with Crippen molar-refractivity contribution in [2.24, 2.45) is 5.92 Å². The number of rotatable bonds is 10. The highest BCUT2D eigenvalue weighted by molar-refractivity contribution is 7.71. The zero-order valence-electron chi connectivity index (χ0n) is 14.9. The number of amides is 1. The Hall–Kier alpha value is -2.19. The van der Waals surface area contributed by atoms with E-state index < -0.39 is 0 Å². The monoisotopic (exact) mass is 376 g/mol. The Bertz CT molecular complexity index is 780. The van der Waals surface area contributed by atoms with Crippen LogP contribution in [0.15, 0.2) is 24.3 Å². The second-order valence-electron chi connectivity index (χ2n) is 6.39. The number of nitrogens with one attached hydrogen (secondary N) is 2. The molecule has 8 heteroatoms. The van der Waals surface area contributed by atoms with Crippen molar-refractivity contribution in [2.45, 2.75) is 25.8 Å². The summed E-state index contributed by atoms with van der Waals surface area (Å²) in [5.74, 6) is 2.06. The average Bonchev–Trinajstić information content (AvgIpc) is 3.42. The van der Waals surface area contributed by atoms with Crippen LogP contribution in [0.4, 0.5) is 0 Å². The largest absolute Gasteiger partial charge is 0.497 e. The molecule has 1 saturated carbocycles. The van der Waals surface area contributed by atoms with E-state index in [2.05, 4.69) is 15.5 Å². The molecule has 140 valence electrons. The Morgan fingerprint density at radius 3 is 2.85 bits per heavy atom. The number of hydrogen-bond donors (Lipinski definition) is 2. The van der Waals surface area contributed by atoms with Crippen molar-refractivity contribution in [1.29, 1.82) is 0 Å². The molecular weight excluding hydrogens is 352 g/mol. The molecule has 2 aromatic rings. The predicted octanol–water partition coefficient (Wildman–Crippen LogP) is 2.55. The molecule has 0 aliphatic heterocycles. The van der Waals surface area contributed by atoms with Crippen LogP contribution in [0, 0.1) is 10.7 Å². The van der Waals surface area contributed by atoms with Crippen LogP contribution < -0.4 is 10.1 Å². The molecule has 7 nitrogen and oxygen atoms in total. The lowest BCUT2D eigenvalue weighted by Gasteiger charge is -2.09. The second-order valence-corrected chi connectivity index (χ2v) is 6.78. The van der Waals surface area contributed by atoms with Crippen molar-refractivity contribution in [1.82, 2.24) is 20.1 Å². The lowest BCUT2D eigenvalue weighted by atomic mass is 10.2. The summed E-state index contributed by atoms with van der Waals surface area (Å²) in [4.78, 5) is 12.2. The molecule has 0 spiro atoms. The van der Waals surface area contributed by atoms with Gasteiger partial charge in [-0.05, 0) is 61.7 Å². The highest BCUT2D eigenvalue weighted by Gasteiger charge is 2.20. The SMILES string of the molecule is COc1ccc(-c2n[nH]c(=S)n2CC(=O)NCCCOCC2CC2)cc1. The average molecular weight is 376 g/mol. The Morgan fingerprint density at radius 2 is 2.15 bits per heavy atom. The van der Waals surface area contributed by atoms with Gasteiger partial charge in [0, 0.05) is 25.3 Å². The van der Waals surface area contributed by atoms with E-state index in [9.17, 15) is 4.79 Å². The van der Waals surface area contributed by atoms with E-state index in [0.717, 1.165) is 30.3 Å². The van der Waals surface area contributed by atoms with Crippen LogP contribution >= 0.6 is 12.2 Å². The number of hydrogen-bond acceptors (Lipinski definition) is 5. The molecule has 1 aliphatic rings. The van der Waals surface area contributed by atoms with Crippen LogP contribution in [0.5, 0.6) is 5.75 Å². The van der Waals surface area contributed by atoms with E-state index in [1.165, 1.54) is 12.8 Å². The lowest BCUT2D eigenvalue weighted by molar-refractivity contribution is -0.121. The molecule has 0 atom stereocenters. The number of methoxy groups -OCH3 is 1. The van der Waals surface area contributed by atoms with E-state index >= 15 is 0 Å². The van der Waals surface area contributed by atoms with Crippen molar-refractivity contribution >= 4 is 18.1 Å². The van der Waals surface area contributed by atoms with Gasteiger partial charge < -0.3 is 14.8 Å². The minimum atomic E-state index is -0.0977. The summed E-state index contributed by atoms with van der Waals surface area (Å²) in [5, 5.41) is 9.90. The zero-order chi connectivity index (χ0) is 18.4. The van der Waals surface area contributed by atoms with Crippen LogP contribution in [0.1, 0.15) is 19.3 Å². The summed E-state index contributed by atoms with van der Waals surface area (Å²) in [6.07, 6.45) is 3.39. The molecule has 1 amide bonds. The van der Waals surface area contributed by atoms with Gasteiger partial charge in [-0.1, -0.05) is 0 Å². The van der Waals surface area contributed by atoms with Gasteiger partial charge in [-0.15, -0.1) is 0 Å². The van der Waals surface area contributed by atoms with Gasteiger partial charge in [0.1, 0.15) is 12.3 Å². The summed E-state index contributed by atoms with van der Waals surface area (Å²) < 4.78 is 12.8. The summed E-state index contributed by atoms with van der Waals surface area (Å²) >= 11 is 5.26.